The van der Waals surface area contributed by atoms with Crippen LogP contribution >= 0.6 is 0 Å². The topological polar surface area (TPSA) is 50.7 Å². The molecule has 2 saturated heterocycles. The molecule has 2 aliphatic heterocycles. The standard InChI is InChI=1S/C21H28N4O2/c1-21(2)14-24(9-10-25(21)18-6-4-5-7-19(18)26-3)20-12-17(22-15-23-20)16-8-11-27-13-16/h4-7,12,15-16H,8-11,13-14H2,1-3H3. The van der Waals surface area contributed by atoms with E-state index < -0.39 is 0 Å². The van der Waals surface area contributed by atoms with Crippen LogP contribution in [-0.2, 0) is 4.74 Å². The number of ether oxygens (including phenoxy) is 2. The predicted octanol–water partition coefficient (Wildman–Crippen LogP) is 3.09. The summed E-state index contributed by atoms with van der Waals surface area (Å²) in [5, 5.41) is 0. The zero-order chi connectivity index (χ0) is 18.9. The molecule has 0 spiro atoms. The zero-order valence-corrected chi connectivity index (χ0v) is 16.4. The fourth-order valence-corrected chi connectivity index (χ4v) is 4.18. The van der Waals surface area contributed by atoms with Crippen LogP contribution in [0.1, 0.15) is 31.9 Å². The number of rotatable bonds is 4. The van der Waals surface area contributed by atoms with E-state index in [2.05, 4.69) is 51.8 Å². The van der Waals surface area contributed by atoms with Gasteiger partial charge < -0.3 is 19.3 Å². The van der Waals surface area contributed by atoms with Gasteiger partial charge in [-0.3, -0.25) is 0 Å². The van der Waals surface area contributed by atoms with Gasteiger partial charge in [0.1, 0.15) is 17.9 Å². The van der Waals surface area contributed by atoms with E-state index in [0.717, 1.165) is 62.2 Å². The van der Waals surface area contributed by atoms with Crippen molar-refractivity contribution in [2.75, 3.05) is 49.8 Å². The molecule has 4 rings (SSSR count). The average molecular weight is 368 g/mol. The van der Waals surface area contributed by atoms with Gasteiger partial charge in [0.2, 0.25) is 0 Å². The minimum Gasteiger partial charge on any atom is -0.495 e. The lowest BCUT2D eigenvalue weighted by atomic mass is 9.97. The Kier molecular flexibility index (Phi) is 4.91. The molecule has 0 bridgehead atoms. The fraction of sp³-hybridized carbons (Fsp3) is 0.524. The lowest BCUT2D eigenvalue weighted by Gasteiger charge is -2.49. The highest BCUT2D eigenvalue weighted by atomic mass is 16.5. The summed E-state index contributed by atoms with van der Waals surface area (Å²) in [6.07, 6.45) is 2.74. The number of piperazine rings is 1. The van der Waals surface area contributed by atoms with E-state index in [0.29, 0.717) is 5.92 Å². The van der Waals surface area contributed by atoms with Crippen molar-refractivity contribution >= 4 is 11.5 Å². The highest BCUT2D eigenvalue weighted by molar-refractivity contribution is 5.61. The fourth-order valence-electron chi connectivity index (χ4n) is 4.18. The number of benzene rings is 1. The number of hydrogen-bond donors (Lipinski definition) is 0. The van der Waals surface area contributed by atoms with Crippen LogP contribution in [0.5, 0.6) is 5.75 Å². The molecule has 3 heterocycles. The number of methoxy groups -OCH3 is 1. The monoisotopic (exact) mass is 368 g/mol. The SMILES string of the molecule is COc1ccccc1N1CCN(c2cc(C3CCOC3)ncn2)CC1(C)C. The third kappa shape index (κ3) is 3.58. The Morgan fingerprint density at radius 3 is 2.78 bits per heavy atom. The Labute approximate surface area is 161 Å². The molecule has 1 atom stereocenters. The van der Waals surface area contributed by atoms with Gasteiger partial charge in [0, 0.05) is 38.2 Å². The van der Waals surface area contributed by atoms with Crippen molar-refractivity contribution in [3.05, 3.63) is 42.4 Å². The maximum absolute atomic E-state index is 5.59. The minimum absolute atomic E-state index is 0.0472. The van der Waals surface area contributed by atoms with Crippen LogP contribution in [0.4, 0.5) is 11.5 Å². The molecule has 1 aromatic heterocycles. The van der Waals surface area contributed by atoms with Crippen molar-refractivity contribution in [1.82, 2.24) is 9.97 Å². The maximum atomic E-state index is 5.59. The lowest BCUT2D eigenvalue weighted by Crippen LogP contribution is -2.60. The number of anilines is 2. The summed E-state index contributed by atoms with van der Waals surface area (Å²) in [6.45, 7) is 8.87. The Bertz CT molecular complexity index is 789. The van der Waals surface area contributed by atoms with Crippen LogP contribution in [0.3, 0.4) is 0 Å². The van der Waals surface area contributed by atoms with Crippen LogP contribution < -0.4 is 14.5 Å². The van der Waals surface area contributed by atoms with Crippen molar-refractivity contribution < 1.29 is 9.47 Å². The summed E-state index contributed by atoms with van der Waals surface area (Å²) >= 11 is 0. The summed E-state index contributed by atoms with van der Waals surface area (Å²) in [7, 11) is 1.73. The van der Waals surface area contributed by atoms with Gasteiger partial charge in [-0.1, -0.05) is 12.1 Å². The molecule has 2 aromatic rings. The van der Waals surface area contributed by atoms with Crippen LogP contribution in [0, 0.1) is 0 Å². The largest absolute Gasteiger partial charge is 0.495 e. The second-order valence-corrected chi connectivity index (χ2v) is 7.92. The van der Waals surface area contributed by atoms with Crippen molar-refractivity contribution in [2.24, 2.45) is 0 Å². The minimum atomic E-state index is -0.0472. The van der Waals surface area contributed by atoms with Gasteiger partial charge in [0.25, 0.3) is 0 Å². The molecule has 144 valence electrons. The molecule has 1 aromatic carbocycles. The van der Waals surface area contributed by atoms with Crippen molar-refractivity contribution in [2.45, 2.75) is 31.7 Å². The second-order valence-electron chi connectivity index (χ2n) is 7.92. The number of hydrogen-bond acceptors (Lipinski definition) is 6. The Hall–Kier alpha value is -2.34. The molecule has 0 amide bonds. The first-order valence-electron chi connectivity index (χ1n) is 9.64. The van der Waals surface area contributed by atoms with Gasteiger partial charge >= 0.3 is 0 Å². The van der Waals surface area contributed by atoms with Gasteiger partial charge in [-0.15, -0.1) is 0 Å². The summed E-state index contributed by atoms with van der Waals surface area (Å²) in [5.41, 5.74) is 2.20. The van der Waals surface area contributed by atoms with Gasteiger partial charge in [-0.2, -0.15) is 0 Å². The maximum Gasteiger partial charge on any atom is 0.142 e. The van der Waals surface area contributed by atoms with Crippen molar-refractivity contribution in [3.8, 4) is 5.75 Å². The molecule has 6 heteroatoms. The number of aromatic nitrogens is 2. The molecule has 2 aliphatic rings. The van der Waals surface area contributed by atoms with Crippen LogP contribution in [0.25, 0.3) is 0 Å². The van der Waals surface area contributed by atoms with Crippen molar-refractivity contribution in [3.63, 3.8) is 0 Å². The normalized spacial score (nSPS) is 22.1. The molecule has 0 aliphatic carbocycles. The summed E-state index contributed by atoms with van der Waals surface area (Å²) in [6, 6.07) is 10.4. The van der Waals surface area contributed by atoms with E-state index in [-0.39, 0.29) is 5.54 Å². The van der Waals surface area contributed by atoms with Gasteiger partial charge in [-0.25, -0.2) is 9.97 Å². The first kappa shape index (κ1) is 18.0. The van der Waals surface area contributed by atoms with Gasteiger partial charge in [0.15, 0.2) is 0 Å². The summed E-state index contributed by atoms with van der Waals surface area (Å²) in [5.74, 6) is 2.33. The highest BCUT2D eigenvalue weighted by Gasteiger charge is 2.35. The Balaban J connectivity index is 1.55. The Morgan fingerprint density at radius 2 is 2.04 bits per heavy atom. The lowest BCUT2D eigenvalue weighted by molar-refractivity contribution is 0.193. The zero-order valence-electron chi connectivity index (χ0n) is 16.4. The summed E-state index contributed by atoms with van der Waals surface area (Å²) in [4.78, 5) is 13.9. The molecule has 27 heavy (non-hydrogen) atoms. The van der Waals surface area contributed by atoms with E-state index in [1.165, 1.54) is 0 Å². The molecule has 0 N–H and O–H groups in total. The van der Waals surface area contributed by atoms with Crippen LogP contribution in [0.2, 0.25) is 0 Å². The van der Waals surface area contributed by atoms with Gasteiger partial charge in [-0.05, 0) is 32.4 Å². The molecular formula is C21H28N4O2. The average Bonchev–Trinajstić information content (AvgIpc) is 3.22. The number of nitrogens with zero attached hydrogens (tertiary/aromatic N) is 4. The van der Waals surface area contributed by atoms with Crippen LogP contribution in [-0.4, -0.2) is 55.5 Å². The predicted molar refractivity (Wildman–Crippen MR) is 107 cm³/mol. The smallest absolute Gasteiger partial charge is 0.142 e. The first-order valence-corrected chi connectivity index (χ1v) is 9.64. The van der Waals surface area contributed by atoms with E-state index in [4.69, 9.17) is 9.47 Å². The van der Waals surface area contributed by atoms with E-state index in [9.17, 15) is 0 Å². The highest BCUT2D eigenvalue weighted by Crippen LogP contribution is 2.36. The third-order valence-corrected chi connectivity index (χ3v) is 5.62. The number of para-hydroxylation sites is 2. The van der Waals surface area contributed by atoms with E-state index in [1.54, 1.807) is 13.4 Å². The van der Waals surface area contributed by atoms with Crippen LogP contribution in [0.15, 0.2) is 36.7 Å². The van der Waals surface area contributed by atoms with E-state index >= 15 is 0 Å². The molecule has 2 fully saturated rings. The summed E-state index contributed by atoms with van der Waals surface area (Å²) < 4.78 is 11.1. The molecule has 0 radical (unpaired) electrons. The Morgan fingerprint density at radius 1 is 1.19 bits per heavy atom. The quantitative estimate of drug-likeness (QED) is 0.827. The molecular weight excluding hydrogens is 340 g/mol. The first-order chi connectivity index (χ1) is 13.1. The molecule has 1 unspecified atom stereocenters. The third-order valence-electron chi connectivity index (χ3n) is 5.62. The second kappa shape index (κ2) is 7.35. The molecule has 6 nitrogen and oxygen atoms in total. The van der Waals surface area contributed by atoms with Gasteiger partial charge in [0.05, 0.1) is 30.6 Å². The van der Waals surface area contributed by atoms with Crippen molar-refractivity contribution in [1.29, 1.82) is 0 Å². The molecule has 0 saturated carbocycles. The van der Waals surface area contributed by atoms with E-state index in [1.807, 2.05) is 12.1 Å².